The molecule has 1 aliphatic heterocycles. The number of aromatic nitrogens is 4. The molecule has 4 rings (SSSR count). The molecule has 118 valence electrons. The van der Waals surface area contributed by atoms with Gasteiger partial charge in [0.2, 0.25) is 0 Å². The van der Waals surface area contributed by atoms with E-state index in [1.54, 1.807) is 24.0 Å². The summed E-state index contributed by atoms with van der Waals surface area (Å²) < 4.78 is 0. The SMILES string of the molecule is Cc1cc(N2CCN(c3ncnc4sc(C)cc34)CC2)ncn1. The third kappa shape index (κ3) is 2.72. The van der Waals surface area contributed by atoms with Gasteiger partial charge in [0.05, 0.1) is 5.39 Å². The summed E-state index contributed by atoms with van der Waals surface area (Å²) in [6.45, 7) is 7.85. The van der Waals surface area contributed by atoms with Gasteiger partial charge >= 0.3 is 0 Å². The van der Waals surface area contributed by atoms with Crippen LogP contribution in [0.15, 0.2) is 24.8 Å². The molecule has 0 amide bonds. The third-order valence-electron chi connectivity index (χ3n) is 4.12. The largest absolute Gasteiger partial charge is 0.353 e. The van der Waals surface area contributed by atoms with Crippen LogP contribution in [0.4, 0.5) is 11.6 Å². The third-order valence-corrected chi connectivity index (χ3v) is 5.08. The molecule has 7 heteroatoms. The molecule has 1 fully saturated rings. The van der Waals surface area contributed by atoms with Crippen molar-refractivity contribution in [1.29, 1.82) is 0 Å². The Morgan fingerprint density at radius 1 is 0.870 bits per heavy atom. The molecule has 0 unspecified atom stereocenters. The summed E-state index contributed by atoms with van der Waals surface area (Å²) in [7, 11) is 0. The fourth-order valence-electron chi connectivity index (χ4n) is 2.98. The number of nitrogens with zero attached hydrogens (tertiary/aromatic N) is 6. The molecule has 0 aliphatic carbocycles. The summed E-state index contributed by atoms with van der Waals surface area (Å²) in [5.74, 6) is 2.06. The number of rotatable bonds is 2. The van der Waals surface area contributed by atoms with Gasteiger partial charge in [-0.05, 0) is 19.9 Å². The van der Waals surface area contributed by atoms with E-state index in [1.165, 1.54) is 10.3 Å². The number of aryl methyl sites for hydroxylation is 2. The lowest BCUT2D eigenvalue weighted by Crippen LogP contribution is -2.47. The molecule has 1 aliphatic rings. The fourth-order valence-corrected chi connectivity index (χ4v) is 3.82. The van der Waals surface area contributed by atoms with Crippen molar-refractivity contribution in [2.24, 2.45) is 0 Å². The molecule has 3 aromatic heterocycles. The Hall–Kier alpha value is -2.28. The van der Waals surface area contributed by atoms with Crippen molar-refractivity contribution in [3.63, 3.8) is 0 Å². The Bertz CT molecular complexity index is 837. The number of hydrogen-bond acceptors (Lipinski definition) is 7. The van der Waals surface area contributed by atoms with Gasteiger partial charge in [0.15, 0.2) is 0 Å². The Kier molecular flexibility index (Phi) is 3.57. The highest BCUT2D eigenvalue weighted by Gasteiger charge is 2.21. The zero-order chi connectivity index (χ0) is 15.8. The maximum Gasteiger partial charge on any atom is 0.140 e. The molecule has 0 saturated carbocycles. The minimum absolute atomic E-state index is 0.935. The molecule has 0 atom stereocenters. The van der Waals surface area contributed by atoms with E-state index < -0.39 is 0 Å². The van der Waals surface area contributed by atoms with Crippen molar-refractivity contribution in [3.05, 3.63) is 35.4 Å². The summed E-state index contributed by atoms with van der Waals surface area (Å²) in [5, 5.41) is 1.17. The van der Waals surface area contributed by atoms with Gasteiger partial charge in [0, 0.05) is 42.8 Å². The second kappa shape index (κ2) is 5.73. The average Bonchev–Trinajstić information content (AvgIpc) is 2.95. The molecule has 3 aromatic rings. The standard InChI is InChI=1S/C16H18N6S/c1-11-7-14(18-9-17-11)21-3-5-22(6-4-21)15-13-8-12(2)23-16(13)20-10-19-15/h7-10H,3-6H2,1-2H3. The second-order valence-electron chi connectivity index (χ2n) is 5.76. The summed E-state index contributed by atoms with van der Waals surface area (Å²) in [4.78, 5) is 24.5. The smallest absolute Gasteiger partial charge is 0.140 e. The van der Waals surface area contributed by atoms with Crippen molar-refractivity contribution in [2.45, 2.75) is 13.8 Å². The predicted molar refractivity (Wildman–Crippen MR) is 93.3 cm³/mol. The number of anilines is 2. The summed E-state index contributed by atoms with van der Waals surface area (Å²) in [5.41, 5.74) is 1.00. The monoisotopic (exact) mass is 326 g/mol. The van der Waals surface area contributed by atoms with Crippen LogP contribution in [-0.4, -0.2) is 46.1 Å². The van der Waals surface area contributed by atoms with Gasteiger partial charge in [0.1, 0.15) is 29.1 Å². The molecule has 0 bridgehead atoms. The van der Waals surface area contributed by atoms with E-state index in [2.05, 4.69) is 42.7 Å². The fraction of sp³-hybridized carbons (Fsp3) is 0.375. The van der Waals surface area contributed by atoms with Crippen LogP contribution in [0.1, 0.15) is 10.6 Å². The first-order valence-electron chi connectivity index (χ1n) is 7.70. The van der Waals surface area contributed by atoms with Crippen LogP contribution in [0, 0.1) is 13.8 Å². The molecule has 0 spiro atoms. The molecule has 0 N–H and O–H groups in total. The van der Waals surface area contributed by atoms with Crippen LogP contribution in [0.5, 0.6) is 0 Å². The highest BCUT2D eigenvalue weighted by Crippen LogP contribution is 2.30. The maximum atomic E-state index is 4.53. The van der Waals surface area contributed by atoms with E-state index in [1.807, 2.05) is 13.0 Å². The average molecular weight is 326 g/mol. The van der Waals surface area contributed by atoms with Gasteiger partial charge < -0.3 is 9.80 Å². The lowest BCUT2D eigenvalue weighted by Gasteiger charge is -2.36. The first kappa shape index (κ1) is 14.3. The topological polar surface area (TPSA) is 58.0 Å². The van der Waals surface area contributed by atoms with Crippen molar-refractivity contribution < 1.29 is 0 Å². The van der Waals surface area contributed by atoms with Crippen molar-refractivity contribution >= 4 is 33.2 Å². The zero-order valence-corrected chi connectivity index (χ0v) is 14.0. The molecule has 1 saturated heterocycles. The molecule has 0 aromatic carbocycles. The number of hydrogen-bond donors (Lipinski definition) is 0. The van der Waals surface area contributed by atoms with Gasteiger partial charge in [-0.25, -0.2) is 19.9 Å². The van der Waals surface area contributed by atoms with Crippen LogP contribution in [0.3, 0.4) is 0 Å². The zero-order valence-electron chi connectivity index (χ0n) is 13.2. The molecule has 4 heterocycles. The van der Waals surface area contributed by atoms with Crippen molar-refractivity contribution in [2.75, 3.05) is 36.0 Å². The molecular weight excluding hydrogens is 308 g/mol. The second-order valence-corrected chi connectivity index (χ2v) is 7.00. The van der Waals surface area contributed by atoms with Crippen LogP contribution in [0.25, 0.3) is 10.2 Å². The number of thiophene rings is 1. The number of piperazine rings is 1. The molecule has 6 nitrogen and oxygen atoms in total. The summed E-state index contributed by atoms with van der Waals surface area (Å²) in [6.07, 6.45) is 3.31. The van der Waals surface area contributed by atoms with Crippen molar-refractivity contribution in [1.82, 2.24) is 19.9 Å². The molecule has 23 heavy (non-hydrogen) atoms. The normalized spacial score (nSPS) is 15.4. The van der Waals surface area contributed by atoms with E-state index in [4.69, 9.17) is 0 Å². The van der Waals surface area contributed by atoms with Crippen LogP contribution in [0.2, 0.25) is 0 Å². The van der Waals surface area contributed by atoms with E-state index in [0.717, 1.165) is 48.3 Å². The van der Waals surface area contributed by atoms with E-state index in [0.29, 0.717) is 0 Å². The van der Waals surface area contributed by atoms with Gasteiger partial charge in [-0.15, -0.1) is 11.3 Å². The molecule has 0 radical (unpaired) electrons. The Morgan fingerprint density at radius 3 is 2.39 bits per heavy atom. The van der Waals surface area contributed by atoms with Gasteiger partial charge in [0.25, 0.3) is 0 Å². The number of fused-ring (bicyclic) bond motifs is 1. The minimum Gasteiger partial charge on any atom is -0.353 e. The summed E-state index contributed by atoms with van der Waals surface area (Å²) in [6, 6.07) is 4.23. The van der Waals surface area contributed by atoms with Gasteiger partial charge in [-0.2, -0.15) is 0 Å². The lowest BCUT2D eigenvalue weighted by molar-refractivity contribution is 0.642. The Morgan fingerprint density at radius 2 is 1.61 bits per heavy atom. The van der Waals surface area contributed by atoms with Crippen molar-refractivity contribution in [3.8, 4) is 0 Å². The van der Waals surface area contributed by atoms with Crippen LogP contribution in [-0.2, 0) is 0 Å². The lowest BCUT2D eigenvalue weighted by atomic mass is 10.2. The molecular formula is C16H18N6S. The predicted octanol–water partition coefficient (Wildman–Crippen LogP) is 2.42. The Labute approximate surface area is 138 Å². The van der Waals surface area contributed by atoms with Gasteiger partial charge in [-0.3, -0.25) is 0 Å². The van der Waals surface area contributed by atoms with E-state index in [9.17, 15) is 0 Å². The van der Waals surface area contributed by atoms with E-state index >= 15 is 0 Å². The van der Waals surface area contributed by atoms with Crippen LogP contribution < -0.4 is 9.80 Å². The Balaban J connectivity index is 1.55. The minimum atomic E-state index is 0.935. The quantitative estimate of drug-likeness (QED) is 0.721. The maximum absolute atomic E-state index is 4.53. The highest BCUT2D eigenvalue weighted by molar-refractivity contribution is 7.18. The van der Waals surface area contributed by atoms with Crippen LogP contribution >= 0.6 is 11.3 Å². The summed E-state index contributed by atoms with van der Waals surface area (Å²) >= 11 is 1.72. The van der Waals surface area contributed by atoms with Gasteiger partial charge in [-0.1, -0.05) is 0 Å². The highest BCUT2D eigenvalue weighted by atomic mass is 32.1. The first-order valence-corrected chi connectivity index (χ1v) is 8.52. The van der Waals surface area contributed by atoms with E-state index in [-0.39, 0.29) is 0 Å². The first-order chi connectivity index (χ1) is 11.2.